The van der Waals surface area contributed by atoms with Gasteiger partial charge >= 0.3 is 6.18 Å². The summed E-state index contributed by atoms with van der Waals surface area (Å²) in [6, 6.07) is 13.3. The minimum absolute atomic E-state index is 0.0115. The zero-order valence-electron chi connectivity index (χ0n) is 18.8. The number of hydrogen-bond acceptors (Lipinski definition) is 1. The van der Waals surface area contributed by atoms with Crippen molar-refractivity contribution in [1.29, 1.82) is 0 Å². The summed E-state index contributed by atoms with van der Waals surface area (Å²) in [4.78, 5) is 0. The van der Waals surface area contributed by atoms with Crippen LogP contribution in [0.2, 0.25) is 0 Å². The fraction of sp³-hybridized carbons (Fsp3) is 0.357. The largest absolute Gasteiger partial charge is 0.478 e. The highest BCUT2D eigenvalue weighted by Crippen LogP contribution is 2.34. The maximum absolute atomic E-state index is 14.6. The van der Waals surface area contributed by atoms with Gasteiger partial charge in [-0.15, -0.1) is 0 Å². The molecule has 3 aromatic rings. The summed E-state index contributed by atoms with van der Waals surface area (Å²) in [6.07, 6.45) is 1.33. The van der Waals surface area contributed by atoms with Crippen LogP contribution in [0.3, 0.4) is 0 Å². The molecule has 0 unspecified atom stereocenters. The first-order chi connectivity index (χ1) is 16.2. The second-order valence-corrected chi connectivity index (χ2v) is 8.81. The Hall–Kier alpha value is -3.07. The van der Waals surface area contributed by atoms with Crippen LogP contribution in [0.4, 0.5) is 22.0 Å². The molecule has 0 spiro atoms. The maximum Gasteiger partial charge on any atom is 0.422 e. The Labute approximate surface area is 195 Å². The summed E-state index contributed by atoms with van der Waals surface area (Å²) in [5.74, 6) is 4.57. The van der Waals surface area contributed by atoms with Crippen molar-refractivity contribution in [3.05, 3.63) is 65.7 Å². The zero-order valence-corrected chi connectivity index (χ0v) is 18.8. The van der Waals surface area contributed by atoms with Gasteiger partial charge in [-0.1, -0.05) is 49.5 Å². The van der Waals surface area contributed by atoms with Crippen molar-refractivity contribution >= 4 is 10.8 Å². The van der Waals surface area contributed by atoms with Crippen molar-refractivity contribution in [1.82, 2.24) is 0 Å². The van der Waals surface area contributed by atoms with Crippen LogP contribution in [0.1, 0.15) is 44.6 Å². The summed E-state index contributed by atoms with van der Waals surface area (Å²) >= 11 is 0. The van der Waals surface area contributed by atoms with Gasteiger partial charge in [-0.05, 0) is 72.4 Å². The lowest BCUT2D eigenvalue weighted by atomic mass is 9.81. The molecule has 34 heavy (non-hydrogen) atoms. The molecule has 1 aliphatic rings. The molecule has 1 saturated carbocycles. The van der Waals surface area contributed by atoms with Crippen LogP contribution >= 0.6 is 0 Å². The molecule has 1 aliphatic carbocycles. The lowest BCUT2D eigenvalue weighted by molar-refractivity contribution is -0.154. The molecule has 0 bridgehead atoms. The number of rotatable bonds is 4. The summed E-state index contributed by atoms with van der Waals surface area (Å²) < 4.78 is 70.4. The molecule has 0 aliphatic heterocycles. The number of halogens is 5. The van der Waals surface area contributed by atoms with Crippen molar-refractivity contribution in [2.45, 2.75) is 45.2 Å². The molecule has 6 heteroatoms. The standard InChI is InChI=1S/C28H25F5O/c1-2-18-3-5-19(6-4-18)7-8-20-9-11-21(12-10-20)22-13-14-24-23(15-22)16-25(29)27(26(24)30)34-17-28(31,32)33/h9-16,18-19H,2-6,17H2,1H3. The van der Waals surface area contributed by atoms with Crippen molar-refractivity contribution in [3.8, 4) is 28.7 Å². The molecule has 0 saturated heterocycles. The van der Waals surface area contributed by atoms with E-state index in [4.69, 9.17) is 0 Å². The minimum atomic E-state index is -4.69. The molecule has 0 N–H and O–H groups in total. The Morgan fingerprint density at radius 2 is 1.59 bits per heavy atom. The third-order valence-corrected chi connectivity index (χ3v) is 6.43. The van der Waals surface area contributed by atoms with Crippen LogP contribution in [0, 0.1) is 35.3 Å². The lowest BCUT2D eigenvalue weighted by Gasteiger charge is -2.24. The average Bonchev–Trinajstić information content (AvgIpc) is 2.82. The van der Waals surface area contributed by atoms with Gasteiger partial charge in [0.25, 0.3) is 0 Å². The van der Waals surface area contributed by atoms with E-state index >= 15 is 0 Å². The molecule has 1 fully saturated rings. The topological polar surface area (TPSA) is 9.23 Å². The van der Waals surface area contributed by atoms with E-state index in [1.807, 2.05) is 24.3 Å². The molecule has 4 rings (SSSR count). The Bertz CT molecular complexity index is 1210. The Morgan fingerprint density at radius 1 is 0.912 bits per heavy atom. The highest BCUT2D eigenvalue weighted by atomic mass is 19.4. The number of hydrogen-bond donors (Lipinski definition) is 0. The van der Waals surface area contributed by atoms with E-state index in [-0.39, 0.29) is 10.8 Å². The SMILES string of the molecule is CCC1CCC(C#Cc2ccc(-c3ccc4c(F)c(OCC(F)(F)F)c(F)cc4c3)cc2)CC1. The van der Waals surface area contributed by atoms with Crippen LogP contribution in [0.15, 0.2) is 48.5 Å². The number of alkyl halides is 3. The normalized spacial score (nSPS) is 18.4. The van der Waals surface area contributed by atoms with E-state index < -0.39 is 30.2 Å². The second-order valence-electron chi connectivity index (χ2n) is 8.81. The molecule has 0 amide bonds. The van der Waals surface area contributed by atoms with Gasteiger partial charge in [-0.2, -0.15) is 13.2 Å². The first-order valence-electron chi connectivity index (χ1n) is 11.5. The molecule has 178 valence electrons. The van der Waals surface area contributed by atoms with Crippen molar-refractivity contribution in [2.75, 3.05) is 6.61 Å². The molecule has 0 atom stereocenters. The van der Waals surface area contributed by atoms with Gasteiger partial charge in [0.1, 0.15) is 0 Å². The van der Waals surface area contributed by atoms with E-state index in [2.05, 4.69) is 23.5 Å². The van der Waals surface area contributed by atoms with Gasteiger partial charge in [0.2, 0.25) is 0 Å². The van der Waals surface area contributed by atoms with Gasteiger partial charge in [-0.3, -0.25) is 0 Å². The van der Waals surface area contributed by atoms with Gasteiger partial charge in [0.05, 0.1) is 0 Å². The lowest BCUT2D eigenvalue weighted by Crippen LogP contribution is -2.20. The van der Waals surface area contributed by atoms with E-state index in [9.17, 15) is 22.0 Å². The second kappa shape index (κ2) is 10.0. The van der Waals surface area contributed by atoms with Crippen LogP contribution in [-0.2, 0) is 0 Å². The fourth-order valence-corrected chi connectivity index (χ4v) is 4.42. The Balaban J connectivity index is 1.51. The number of fused-ring (bicyclic) bond motifs is 1. The van der Waals surface area contributed by atoms with Gasteiger partial charge in [-0.25, -0.2) is 8.78 Å². The van der Waals surface area contributed by atoms with Crippen LogP contribution in [0.5, 0.6) is 5.75 Å². The third kappa shape index (κ3) is 5.70. The number of ether oxygens (including phenoxy) is 1. The predicted octanol–water partition coefficient (Wildman–Crippen LogP) is 8.29. The maximum atomic E-state index is 14.6. The molecule has 1 nitrogen and oxygen atoms in total. The van der Waals surface area contributed by atoms with Gasteiger partial charge in [0, 0.05) is 16.9 Å². The van der Waals surface area contributed by atoms with Crippen LogP contribution in [0.25, 0.3) is 21.9 Å². The monoisotopic (exact) mass is 472 g/mol. The van der Waals surface area contributed by atoms with Gasteiger partial charge < -0.3 is 4.74 Å². The molecular formula is C28H25F5O. The van der Waals surface area contributed by atoms with Crippen molar-refractivity contribution < 1.29 is 26.7 Å². The summed E-state index contributed by atoms with van der Waals surface area (Å²) in [6.45, 7) is 0.477. The van der Waals surface area contributed by atoms with E-state index in [0.717, 1.165) is 41.5 Å². The summed E-state index contributed by atoms with van der Waals surface area (Å²) in [5.41, 5.74) is 2.48. The van der Waals surface area contributed by atoms with Gasteiger partial charge in [0.15, 0.2) is 24.0 Å². The third-order valence-electron chi connectivity index (χ3n) is 6.43. The highest BCUT2D eigenvalue weighted by molar-refractivity contribution is 5.89. The quantitative estimate of drug-likeness (QED) is 0.274. The van der Waals surface area contributed by atoms with E-state index in [1.165, 1.54) is 25.3 Å². The van der Waals surface area contributed by atoms with Crippen molar-refractivity contribution in [3.63, 3.8) is 0 Å². The molecule has 0 radical (unpaired) electrons. The van der Waals surface area contributed by atoms with Crippen LogP contribution < -0.4 is 4.74 Å². The summed E-state index contributed by atoms with van der Waals surface area (Å²) in [5, 5.41) is 0.223. The molecule has 3 aromatic carbocycles. The Morgan fingerprint density at radius 3 is 2.24 bits per heavy atom. The molecule has 0 heterocycles. The van der Waals surface area contributed by atoms with E-state index in [0.29, 0.717) is 5.92 Å². The smallest absolute Gasteiger partial charge is 0.422 e. The fourth-order valence-electron chi connectivity index (χ4n) is 4.42. The highest BCUT2D eigenvalue weighted by Gasteiger charge is 2.30. The average molecular weight is 472 g/mol. The van der Waals surface area contributed by atoms with Crippen LogP contribution in [-0.4, -0.2) is 12.8 Å². The molecule has 0 aromatic heterocycles. The van der Waals surface area contributed by atoms with E-state index in [1.54, 1.807) is 12.1 Å². The summed E-state index contributed by atoms with van der Waals surface area (Å²) in [7, 11) is 0. The zero-order chi connectivity index (χ0) is 24.3. The first kappa shape index (κ1) is 24.1. The predicted molar refractivity (Wildman–Crippen MR) is 123 cm³/mol. The Kier molecular flexibility index (Phi) is 7.11. The van der Waals surface area contributed by atoms with Crippen molar-refractivity contribution in [2.24, 2.45) is 11.8 Å². The minimum Gasteiger partial charge on any atom is -0.478 e. The number of benzene rings is 3. The molecular weight excluding hydrogens is 447 g/mol. The first-order valence-corrected chi connectivity index (χ1v) is 11.5.